The summed E-state index contributed by atoms with van der Waals surface area (Å²) in [5.41, 5.74) is 7.88. The number of nitrogens with two attached hydrogens (primary N) is 1. The van der Waals surface area contributed by atoms with Gasteiger partial charge < -0.3 is 10.6 Å². The van der Waals surface area contributed by atoms with Gasteiger partial charge in [0, 0.05) is 25.0 Å². The number of nitrogens with zero attached hydrogens (tertiary/aromatic N) is 2. The highest BCUT2D eigenvalue weighted by Gasteiger charge is 2.13. The predicted octanol–water partition coefficient (Wildman–Crippen LogP) is 3.27. The van der Waals surface area contributed by atoms with Crippen LogP contribution in [0.3, 0.4) is 0 Å². The van der Waals surface area contributed by atoms with Crippen LogP contribution in [0.5, 0.6) is 0 Å². The Bertz CT molecular complexity index is 571. The summed E-state index contributed by atoms with van der Waals surface area (Å²) in [5, 5.41) is 0. The molecule has 0 saturated heterocycles. The van der Waals surface area contributed by atoms with E-state index in [1.165, 1.54) is 12.1 Å². The average molecular weight is 273 g/mol. The van der Waals surface area contributed by atoms with Crippen LogP contribution >= 0.6 is 0 Å². The Labute approximate surface area is 119 Å². The van der Waals surface area contributed by atoms with Crippen LogP contribution in [0.15, 0.2) is 42.6 Å². The fraction of sp³-hybridized carbons (Fsp3) is 0.312. The second-order valence-corrected chi connectivity index (χ2v) is 4.90. The van der Waals surface area contributed by atoms with E-state index >= 15 is 0 Å². The standard InChI is InChI=1S/C16H20FN3/c1-3-14(18)10-12-6-5-9-19-16(12)20(2)15-8-4-7-13(17)11-15/h4-9,11,14H,3,10,18H2,1-2H3. The third kappa shape index (κ3) is 3.33. The molecule has 0 aliphatic heterocycles. The summed E-state index contributed by atoms with van der Waals surface area (Å²) in [6.07, 6.45) is 3.42. The smallest absolute Gasteiger partial charge is 0.135 e. The van der Waals surface area contributed by atoms with Gasteiger partial charge in [-0.3, -0.25) is 0 Å². The van der Waals surface area contributed by atoms with Crippen LogP contribution in [0.25, 0.3) is 0 Å². The van der Waals surface area contributed by atoms with Crippen molar-refractivity contribution < 1.29 is 4.39 Å². The van der Waals surface area contributed by atoms with E-state index in [1.54, 1.807) is 12.3 Å². The zero-order valence-electron chi connectivity index (χ0n) is 11.9. The van der Waals surface area contributed by atoms with E-state index in [1.807, 2.05) is 30.1 Å². The van der Waals surface area contributed by atoms with Gasteiger partial charge in [-0.15, -0.1) is 0 Å². The van der Waals surface area contributed by atoms with Gasteiger partial charge in [-0.2, -0.15) is 0 Å². The summed E-state index contributed by atoms with van der Waals surface area (Å²) in [4.78, 5) is 6.31. The fourth-order valence-corrected chi connectivity index (χ4v) is 2.13. The molecule has 106 valence electrons. The van der Waals surface area contributed by atoms with Gasteiger partial charge in [-0.1, -0.05) is 19.1 Å². The maximum atomic E-state index is 13.3. The maximum absolute atomic E-state index is 13.3. The van der Waals surface area contributed by atoms with E-state index < -0.39 is 0 Å². The van der Waals surface area contributed by atoms with Gasteiger partial charge in [0.15, 0.2) is 0 Å². The molecule has 0 aliphatic rings. The van der Waals surface area contributed by atoms with Crippen molar-refractivity contribution in [1.82, 2.24) is 4.98 Å². The lowest BCUT2D eigenvalue weighted by Crippen LogP contribution is -2.23. The summed E-state index contributed by atoms with van der Waals surface area (Å²) >= 11 is 0. The quantitative estimate of drug-likeness (QED) is 0.909. The molecule has 2 rings (SSSR count). The first kappa shape index (κ1) is 14.5. The summed E-state index contributed by atoms with van der Waals surface area (Å²) in [7, 11) is 1.89. The minimum Gasteiger partial charge on any atom is -0.329 e. The van der Waals surface area contributed by atoms with Crippen LogP contribution in [0.4, 0.5) is 15.9 Å². The van der Waals surface area contributed by atoms with Crippen molar-refractivity contribution in [2.75, 3.05) is 11.9 Å². The Hall–Kier alpha value is -1.94. The molecule has 1 atom stereocenters. The molecule has 1 unspecified atom stereocenters. The maximum Gasteiger partial charge on any atom is 0.135 e. The van der Waals surface area contributed by atoms with Gasteiger partial charge in [0.1, 0.15) is 11.6 Å². The lowest BCUT2D eigenvalue weighted by atomic mass is 10.1. The monoisotopic (exact) mass is 273 g/mol. The third-order valence-corrected chi connectivity index (χ3v) is 3.39. The number of anilines is 2. The Morgan fingerprint density at radius 3 is 2.80 bits per heavy atom. The highest BCUT2D eigenvalue weighted by atomic mass is 19.1. The minimum absolute atomic E-state index is 0.110. The molecule has 0 spiro atoms. The Morgan fingerprint density at radius 1 is 1.30 bits per heavy atom. The van der Waals surface area contributed by atoms with Gasteiger partial charge in [0.2, 0.25) is 0 Å². The van der Waals surface area contributed by atoms with Gasteiger partial charge in [0.05, 0.1) is 0 Å². The van der Waals surface area contributed by atoms with Gasteiger partial charge >= 0.3 is 0 Å². The van der Waals surface area contributed by atoms with Crippen molar-refractivity contribution in [3.8, 4) is 0 Å². The molecule has 20 heavy (non-hydrogen) atoms. The lowest BCUT2D eigenvalue weighted by molar-refractivity contribution is 0.627. The Balaban J connectivity index is 2.32. The van der Waals surface area contributed by atoms with Gasteiger partial charge in [-0.25, -0.2) is 9.37 Å². The van der Waals surface area contributed by atoms with Crippen molar-refractivity contribution >= 4 is 11.5 Å². The molecule has 1 heterocycles. The first-order chi connectivity index (χ1) is 9.61. The summed E-state index contributed by atoms with van der Waals surface area (Å²) < 4.78 is 13.3. The Kier molecular flexibility index (Phi) is 4.69. The van der Waals surface area contributed by atoms with E-state index in [-0.39, 0.29) is 11.9 Å². The molecule has 0 bridgehead atoms. The number of hydrogen-bond donors (Lipinski definition) is 1. The van der Waals surface area contributed by atoms with Crippen molar-refractivity contribution in [1.29, 1.82) is 0 Å². The van der Waals surface area contributed by atoms with E-state index in [0.717, 1.165) is 29.9 Å². The fourth-order valence-electron chi connectivity index (χ4n) is 2.13. The van der Waals surface area contributed by atoms with Crippen LogP contribution in [-0.2, 0) is 6.42 Å². The number of halogens is 1. The van der Waals surface area contributed by atoms with Crippen LogP contribution in [0, 0.1) is 5.82 Å². The van der Waals surface area contributed by atoms with Crippen molar-refractivity contribution in [3.05, 3.63) is 54.0 Å². The molecule has 4 heteroatoms. The van der Waals surface area contributed by atoms with E-state index in [4.69, 9.17) is 5.73 Å². The molecule has 0 amide bonds. The first-order valence-electron chi connectivity index (χ1n) is 6.80. The van der Waals surface area contributed by atoms with Crippen molar-refractivity contribution in [2.24, 2.45) is 5.73 Å². The topological polar surface area (TPSA) is 42.1 Å². The molecule has 2 N–H and O–H groups in total. The van der Waals surface area contributed by atoms with E-state index in [9.17, 15) is 4.39 Å². The highest BCUT2D eigenvalue weighted by molar-refractivity contribution is 5.62. The molecule has 1 aromatic carbocycles. The van der Waals surface area contributed by atoms with Crippen LogP contribution in [0.1, 0.15) is 18.9 Å². The molecule has 3 nitrogen and oxygen atoms in total. The second kappa shape index (κ2) is 6.48. The number of rotatable bonds is 5. The second-order valence-electron chi connectivity index (χ2n) is 4.90. The highest BCUT2D eigenvalue weighted by Crippen LogP contribution is 2.26. The summed E-state index contributed by atoms with van der Waals surface area (Å²) in [5.74, 6) is 0.569. The number of pyridine rings is 1. The van der Waals surface area contributed by atoms with E-state index in [2.05, 4.69) is 11.9 Å². The molecule has 0 aliphatic carbocycles. The number of benzene rings is 1. The molecular weight excluding hydrogens is 253 g/mol. The Morgan fingerprint density at radius 2 is 2.10 bits per heavy atom. The summed E-state index contributed by atoms with van der Waals surface area (Å²) in [6, 6.07) is 10.5. The minimum atomic E-state index is -0.253. The van der Waals surface area contributed by atoms with Crippen molar-refractivity contribution in [3.63, 3.8) is 0 Å². The van der Waals surface area contributed by atoms with E-state index in [0.29, 0.717) is 0 Å². The predicted molar refractivity (Wildman–Crippen MR) is 80.7 cm³/mol. The van der Waals surface area contributed by atoms with Crippen LogP contribution in [0.2, 0.25) is 0 Å². The molecular formula is C16H20FN3. The van der Waals surface area contributed by atoms with Gasteiger partial charge in [-0.05, 0) is 42.7 Å². The molecule has 0 fully saturated rings. The third-order valence-electron chi connectivity index (χ3n) is 3.39. The largest absolute Gasteiger partial charge is 0.329 e. The summed E-state index contributed by atoms with van der Waals surface area (Å²) in [6.45, 7) is 2.07. The zero-order chi connectivity index (χ0) is 14.5. The molecule has 1 aromatic heterocycles. The number of hydrogen-bond acceptors (Lipinski definition) is 3. The molecule has 2 aromatic rings. The zero-order valence-corrected chi connectivity index (χ0v) is 11.9. The SMILES string of the molecule is CCC(N)Cc1cccnc1N(C)c1cccc(F)c1. The average Bonchev–Trinajstić information content (AvgIpc) is 2.47. The first-order valence-corrected chi connectivity index (χ1v) is 6.80. The van der Waals surface area contributed by atoms with Gasteiger partial charge in [0.25, 0.3) is 0 Å². The number of aromatic nitrogens is 1. The molecule has 0 saturated carbocycles. The van der Waals surface area contributed by atoms with Crippen LogP contribution < -0.4 is 10.6 Å². The normalized spacial score (nSPS) is 12.2. The lowest BCUT2D eigenvalue weighted by Gasteiger charge is -2.22. The van der Waals surface area contributed by atoms with Crippen LogP contribution in [-0.4, -0.2) is 18.1 Å². The van der Waals surface area contributed by atoms with Crippen molar-refractivity contribution in [2.45, 2.75) is 25.8 Å². The molecule has 0 radical (unpaired) electrons.